The third kappa shape index (κ3) is 6.34. The van der Waals surface area contributed by atoms with Crippen molar-refractivity contribution in [1.29, 1.82) is 0 Å². The van der Waals surface area contributed by atoms with Crippen LogP contribution < -0.4 is 5.32 Å². The molecule has 1 aromatic carbocycles. The average molecular weight is 434 g/mol. The third-order valence-corrected chi connectivity index (χ3v) is 3.31. The molecule has 21 heavy (non-hydrogen) atoms. The highest BCUT2D eigenvalue weighted by Gasteiger charge is 2.34. The SMILES string of the molecule is O=C(O)CN(CC(F)(F)F)C(=O)Nc1ccc(Br)cc1Br. The summed E-state index contributed by atoms with van der Waals surface area (Å²) in [6.07, 6.45) is -4.69. The summed E-state index contributed by atoms with van der Waals surface area (Å²) in [7, 11) is 0. The molecule has 0 atom stereocenters. The first-order valence-corrected chi connectivity index (χ1v) is 6.96. The molecule has 2 amide bonds. The Bertz CT molecular complexity index is 552. The predicted octanol–water partition coefficient (Wildman–Crippen LogP) is 3.69. The molecular formula is C11H9Br2F3N2O3. The van der Waals surface area contributed by atoms with E-state index in [-0.39, 0.29) is 10.6 Å². The Morgan fingerprint density at radius 3 is 2.38 bits per heavy atom. The lowest BCUT2D eigenvalue weighted by molar-refractivity contribution is -0.148. The fraction of sp³-hybridized carbons (Fsp3) is 0.273. The quantitative estimate of drug-likeness (QED) is 0.760. The third-order valence-electron chi connectivity index (χ3n) is 2.16. The number of amides is 2. The minimum absolute atomic E-state index is 0.164. The largest absolute Gasteiger partial charge is 0.480 e. The number of nitrogens with zero attached hydrogens (tertiary/aromatic N) is 1. The van der Waals surface area contributed by atoms with E-state index >= 15 is 0 Å². The smallest absolute Gasteiger partial charge is 0.406 e. The van der Waals surface area contributed by atoms with Gasteiger partial charge >= 0.3 is 18.2 Å². The number of alkyl halides is 3. The number of hydrogen-bond donors (Lipinski definition) is 2. The summed E-state index contributed by atoms with van der Waals surface area (Å²) in [5, 5.41) is 10.8. The number of urea groups is 1. The van der Waals surface area contributed by atoms with Crippen LogP contribution in [0.4, 0.5) is 23.7 Å². The number of nitrogens with one attached hydrogen (secondary N) is 1. The number of carbonyl (C=O) groups is 2. The van der Waals surface area contributed by atoms with E-state index in [1.807, 2.05) is 0 Å². The zero-order chi connectivity index (χ0) is 16.2. The molecule has 2 N–H and O–H groups in total. The molecule has 1 aromatic rings. The Morgan fingerprint density at radius 1 is 1.29 bits per heavy atom. The van der Waals surface area contributed by atoms with Gasteiger partial charge in [-0.3, -0.25) is 4.79 Å². The van der Waals surface area contributed by atoms with E-state index in [9.17, 15) is 22.8 Å². The molecule has 0 aliphatic rings. The van der Waals surface area contributed by atoms with Crippen molar-refractivity contribution in [3.63, 3.8) is 0 Å². The number of rotatable bonds is 4. The Hall–Kier alpha value is -1.29. The van der Waals surface area contributed by atoms with Gasteiger partial charge in [-0.05, 0) is 34.1 Å². The number of aliphatic carboxylic acids is 1. The Balaban J connectivity index is 2.87. The Labute approximate surface area is 134 Å². The second kappa shape index (κ2) is 7.12. The Morgan fingerprint density at radius 2 is 1.90 bits per heavy atom. The molecule has 0 saturated heterocycles. The second-order valence-electron chi connectivity index (χ2n) is 3.92. The van der Waals surface area contributed by atoms with Crippen LogP contribution >= 0.6 is 31.9 Å². The molecule has 10 heteroatoms. The van der Waals surface area contributed by atoms with Gasteiger partial charge in [0.1, 0.15) is 13.1 Å². The maximum atomic E-state index is 12.4. The molecule has 1 rings (SSSR count). The normalized spacial score (nSPS) is 11.1. The van der Waals surface area contributed by atoms with E-state index in [4.69, 9.17) is 5.11 Å². The zero-order valence-corrected chi connectivity index (χ0v) is 13.4. The van der Waals surface area contributed by atoms with Crippen molar-refractivity contribution in [2.45, 2.75) is 6.18 Å². The van der Waals surface area contributed by atoms with E-state index in [0.29, 0.717) is 8.95 Å². The molecule has 5 nitrogen and oxygen atoms in total. The number of anilines is 1. The first-order valence-electron chi connectivity index (χ1n) is 5.38. The van der Waals surface area contributed by atoms with Crippen molar-refractivity contribution in [2.75, 3.05) is 18.4 Å². The average Bonchev–Trinajstić information content (AvgIpc) is 2.29. The molecule has 0 aliphatic heterocycles. The first kappa shape index (κ1) is 17.8. The summed E-state index contributed by atoms with van der Waals surface area (Å²) < 4.78 is 38.2. The molecule has 0 radical (unpaired) electrons. The van der Waals surface area contributed by atoms with Crippen LogP contribution in [-0.2, 0) is 4.79 Å². The van der Waals surface area contributed by atoms with Gasteiger partial charge in [-0.2, -0.15) is 13.2 Å². The number of benzene rings is 1. The van der Waals surface area contributed by atoms with Gasteiger partial charge in [-0.1, -0.05) is 15.9 Å². The summed E-state index contributed by atoms with van der Waals surface area (Å²) in [6, 6.07) is 3.46. The lowest BCUT2D eigenvalue weighted by Gasteiger charge is -2.22. The minimum atomic E-state index is -4.69. The zero-order valence-electron chi connectivity index (χ0n) is 10.2. The minimum Gasteiger partial charge on any atom is -0.480 e. The van der Waals surface area contributed by atoms with Crippen LogP contribution in [0.2, 0.25) is 0 Å². The molecule has 0 saturated carbocycles. The lowest BCUT2D eigenvalue weighted by Crippen LogP contribution is -2.44. The van der Waals surface area contributed by atoms with Gasteiger partial charge in [0.05, 0.1) is 5.69 Å². The summed E-state index contributed by atoms with van der Waals surface area (Å²) in [4.78, 5) is 22.5. The molecule has 116 valence electrons. The first-order chi connectivity index (χ1) is 9.58. The van der Waals surface area contributed by atoms with Crippen molar-refractivity contribution < 1.29 is 27.9 Å². The van der Waals surface area contributed by atoms with Crippen LogP contribution in [0.15, 0.2) is 27.1 Å². The molecule has 0 bridgehead atoms. The molecule has 0 aromatic heterocycles. The number of hydrogen-bond acceptors (Lipinski definition) is 2. The maximum Gasteiger partial charge on any atom is 0.406 e. The summed E-state index contributed by atoms with van der Waals surface area (Å²) in [5.41, 5.74) is 0.223. The van der Waals surface area contributed by atoms with Crippen molar-refractivity contribution >= 4 is 49.5 Å². The number of halogens is 5. The van der Waals surface area contributed by atoms with Gasteiger partial charge in [-0.25, -0.2) is 4.79 Å². The van der Waals surface area contributed by atoms with Crippen LogP contribution in [0.25, 0.3) is 0 Å². The van der Waals surface area contributed by atoms with Gasteiger partial charge in [0.2, 0.25) is 0 Å². The van der Waals surface area contributed by atoms with Crippen LogP contribution in [-0.4, -0.2) is 41.3 Å². The highest BCUT2D eigenvalue weighted by molar-refractivity contribution is 9.11. The van der Waals surface area contributed by atoms with E-state index in [1.165, 1.54) is 6.07 Å². The Kier molecular flexibility index (Phi) is 6.02. The van der Waals surface area contributed by atoms with Gasteiger partial charge in [0, 0.05) is 8.95 Å². The van der Waals surface area contributed by atoms with Crippen LogP contribution in [0.3, 0.4) is 0 Å². The van der Waals surface area contributed by atoms with Crippen LogP contribution in [0, 0.1) is 0 Å². The molecule has 0 spiro atoms. The molecule has 0 aliphatic carbocycles. The van der Waals surface area contributed by atoms with Crippen molar-refractivity contribution in [3.8, 4) is 0 Å². The van der Waals surface area contributed by atoms with Crippen LogP contribution in [0.5, 0.6) is 0 Å². The van der Waals surface area contributed by atoms with Gasteiger partial charge in [0.15, 0.2) is 0 Å². The molecule has 0 unspecified atom stereocenters. The molecule has 0 fully saturated rings. The molecular weight excluding hydrogens is 425 g/mol. The van der Waals surface area contributed by atoms with E-state index < -0.39 is 31.3 Å². The number of carboxylic acid groups (broad SMARTS) is 1. The van der Waals surface area contributed by atoms with Gasteiger partial charge in [-0.15, -0.1) is 0 Å². The predicted molar refractivity (Wildman–Crippen MR) is 76.1 cm³/mol. The van der Waals surface area contributed by atoms with E-state index in [2.05, 4.69) is 37.2 Å². The fourth-order valence-corrected chi connectivity index (χ4v) is 2.51. The van der Waals surface area contributed by atoms with Crippen molar-refractivity contribution in [1.82, 2.24) is 4.90 Å². The van der Waals surface area contributed by atoms with E-state index in [1.54, 1.807) is 12.1 Å². The highest BCUT2D eigenvalue weighted by Crippen LogP contribution is 2.26. The maximum absolute atomic E-state index is 12.4. The number of carboxylic acids is 1. The topological polar surface area (TPSA) is 69.6 Å². The summed E-state index contributed by atoms with van der Waals surface area (Å²) in [6.45, 7) is -2.71. The fourth-order valence-electron chi connectivity index (χ4n) is 1.36. The number of carbonyl (C=O) groups excluding carboxylic acids is 1. The molecule has 0 heterocycles. The van der Waals surface area contributed by atoms with Gasteiger partial charge < -0.3 is 15.3 Å². The van der Waals surface area contributed by atoms with Crippen molar-refractivity contribution in [2.24, 2.45) is 0 Å². The van der Waals surface area contributed by atoms with E-state index in [0.717, 1.165) is 0 Å². The lowest BCUT2D eigenvalue weighted by atomic mass is 10.3. The second-order valence-corrected chi connectivity index (χ2v) is 5.69. The van der Waals surface area contributed by atoms with Crippen molar-refractivity contribution in [3.05, 3.63) is 27.1 Å². The summed E-state index contributed by atoms with van der Waals surface area (Å²) in [5.74, 6) is -1.54. The highest BCUT2D eigenvalue weighted by atomic mass is 79.9. The van der Waals surface area contributed by atoms with Gasteiger partial charge in [0.25, 0.3) is 0 Å². The standard InChI is InChI=1S/C11H9Br2F3N2O3/c12-6-1-2-8(7(13)3-6)17-10(21)18(4-9(19)20)5-11(14,15)16/h1-3H,4-5H2,(H,17,21)(H,19,20). The monoisotopic (exact) mass is 432 g/mol. The van der Waals surface area contributed by atoms with Crippen LogP contribution in [0.1, 0.15) is 0 Å². The summed E-state index contributed by atoms with van der Waals surface area (Å²) >= 11 is 6.32.